The van der Waals surface area contributed by atoms with Gasteiger partial charge in [0.2, 0.25) is 5.91 Å². The first-order valence-electron chi connectivity index (χ1n) is 6.03. The molecule has 0 aliphatic heterocycles. The number of para-hydroxylation sites is 1. The second-order valence-corrected chi connectivity index (χ2v) is 5.03. The van der Waals surface area contributed by atoms with Crippen LogP contribution in [0.4, 0.5) is 11.4 Å². The minimum atomic E-state index is -0.938. The van der Waals surface area contributed by atoms with Crippen LogP contribution < -0.4 is 22.3 Å². The molecular weight excluding hydrogens is 278 g/mol. The lowest BCUT2D eigenvalue weighted by Gasteiger charge is -2.21. The Morgan fingerprint density at radius 2 is 2.00 bits per heavy atom. The molecule has 0 aliphatic carbocycles. The van der Waals surface area contributed by atoms with Gasteiger partial charge in [-0.05, 0) is 19.9 Å². The van der Waals surface area contributed by atoms with Gasteiger partial charge in [0.15, 0.2) is 0 Å². The van der Waals surface area contributed by atoms with E-state index >= 15 is 0 Å². The van der Waals surface area contributed by atoms with Crippen LogP contribution in [0, 0.1) is 15.5 Å². The summed E-state index contributed by atoms with van der Waals surface area (Å²) in [5.41, 5.74) is 6.00. The van der Waals surface area contributed by atoms with Crippen LogP contribution in [0.3, 0.4) is 0 Å². The number of hydrogen-bond acceptors (Lipinski definition) is 6. The minimum absolute atomic E-state index is 0.00608. The van der Waals surface area contributed by atoms with Gasteiger partial charge in [-0.2, -0.15) is 0 Å². The van der Waals surface area contributed by atoms with E-state index in [0.29, 0.717) is 0 Å². The summed E-state index contributed by atoms with van der Waals surface area (Å²) in [6.07, 6.45) is 0. The molecule has 0 bridgehead atoms. The van der Waals surface area contributed by atoms with E-state index in [1.807, 2.05) is 0 Å². The van der Waals surface area contributed by atoms with Gasteiger partial charge < -0.3 is 16.5 Å². The summed E-state index contributed by atoms with van der Waals surface area (Å²) in [7, 11) is 0. The summed E-state index contributed by atoms with van der Waals surface area (Å²) < 4.78 is 0. The van der Waals surface area contributed by atoms with Gasteiger partial charge in [-0.1, -0.05) is 6.07 Å². The summed E-state index contributed by atoms with van der Waals surface area (Å²) in [6.45, 7) is 3.14. The summed E-state index contributed by atoms with van der Waals surface area (Å²) in [5.74, 6) is 4.08. The Labute approximate surface area is 120 Å². The average molecular weight is 295 g/mol. The number of carbonyl (C=O) groups is 2. The third-order valence-electron chi connectivity index (χ3n) is 2.99. The maximum Gasteiger partial charge on any atom is 0.294 e. The smallest absolute Gasteiger partial charge is 0.294 e. The molecule has 0 spiro atoms. The third-order valence-corrected chi connectivity index (χ3v) is 2.99. The number of amides is 2. The summed E-state index contributed by atoms with van der Waals surface area (Å²) >= 11 is 0. The van der Waals surface area contributed by atoms with Gasteiger partial charge in [-0.15, -0.1) is 0 Å². The molecule has 9 heteroatoms. The molecule has 0 saturated heterocycles. The average Bonchev–Trinajstić information content (AvgIpc) is 2.43. The number of nitrogens with one attached hydrogen (secondary N) is 2. The number of nitro groups is 1. The third kappa shape index (κ3) is 3.66. The Bertz CT molecular complexity index is 585. The SMILES string of the molecule is CC(C)(CNC(=O)c1cccc([N+](=O)[O-])c1NN)C(N)=O. The molecule has 21 heavy (non-hydrogen) atoms. The number of carbonyl (C=O) groups excluding carboxylic acids is 2. The molecule has 1 aromatic rings. The molecule has 0 fully saturated rings. The minimum Gasteiger partial charge on any atom is -0.369 e. The van der Waals surface area contributed by atoms with Gasteiger partial charge >= 0.3 is 0 Å². The predicted molar refractivity (Wildman–Crippen MR) is 76.2 cm³/mol. The van der Waals surface area contributed by atoms with Gasteiger partial charge in [-0.3, -0.25) is 25.5 Å². The van der Waals surface area contributed by atoms with Crippen LogP contribution in [0.2, 0.25) is 0 Å². The highest BCUT2D eigenvalue weighted by Gasteiger charge is 2.27. The van der Waals surface area contributed by atoms with Crippen molar-refractivity contribution in [3.8, 4) is 0 Å². The van der Waals surface area contributed by atoms with Crippen molar-refractivity contribution in [2.24, 2.45) is 17.0 Å². The normalized spacial score (nSPS) is 10.8. The fourth-order valence-corrected chi connectivity index (χ4v) is 1.52. The van der Waals surface area contributed by atoms with Crippen LogP contribution in [-0.2, 0) is 4.79 Å². The summed E-state index contributed by atoms with van der Waals surface area (Å²) in [4.78, 5) is 33.5. The van der Waals surface area contributed by atoms with Gasteiger partial charge in [0, 0.05) is 12.6 Å². The predicted octanol–water partition coefficient (Wildman–Crippen LogP) is 0.122. The molecule has 1 aromatic carbocycles. The van der Waals surface area contributed by atoms with E-state index < -0.39 is 22.2 Å². The zero-order valence-corrected chi connectivity index (χ0v) is 11.7. The number of hydrazine groups is 1. The quantitative estimate of drug-likeness (QED) is 0.332. The van der Waals surface area contributed by atoms with Gasteiger partial charge in [0.1, 0.15) is 5.69 Å². The number of anilines is 1. The Morgan fingerprint density at radius 3 is 2.48 bits per heavy atom. The monoisotopic (exact) mass is 295 g/mol. The molecule has 6 N–H and O–H groups in total. The number of nitrogens with two attached hydrogens (primary N) is 2. The molecule has 0 radical (unpaired) electrons. The van der Waals surface area contributed by atoms with Crippen LogP contribution in [0.1, 0.15) is 24.2 Å². The second-order valence-electron chi connectivity index (χ2n) is 5.03. The van der Waals surface area contributed by atoms with Crippen LogP contribution in [0.15, 0.2) is 18.2 Å². The number of hydrogen-bond donors (Lipinski definition) is 4. The number of benzene rings is 1. The van der Waals surface area contributed by atoms with E-state index in [-0.39, 0.29) is 23.5 Å². The molecule has 114 valence electrons. The number of nitrogens with zero attached hydrogens (tertiary/aromatic N) is 1. The Balaban J connectivity index is 3.01. The Hall–Kier alpha value is -2.68. The van der Waals surface area contributed by atoms with E-state index in [1.54, 1.807) is 13.8 Å². The highest BCUT2D eigenvalue weighted by molar-refractivity contribution is 6.01. The van der Waals surface area contributed by atoms with Crippen molar-refractivity contribution in [3.63, 3.8) is 0 Å². The number of nitrogen functional groups attached to an aromatic ring is 1. The van der Waals surface area contributed by atoms with Crippen molar-refractivity contribution in [3.05, 3.63) is 33.9 Å². The topological polar surface area (TPSA) is 153 Å². The molecule has 1 rings (SSSR count). The van der Waals surface area contributed by atoms with Crippen molar-refractivity contribution in [1.82, 2.24) is 5.32 Å². The van der Waals surface area contributed by atoms with Crippen molar-refractivity contribution in [1.29, 1.82) is 0 Å². The van der Waals surface area contributed by atoms with Crippen LogP contribution in [0.25, 0.3) is 0 Å². The van der Waals surface area contributed by atoms with Crippen LogP contribution >= 0.6 is 0 Å². The van der Waals surface area contributed by atoms with Crippen molar-refractivity contribution >= 4 is 23.2 Å². The summed E-state index contributed by atoms with van der Waals surface area (Å²) in [5, 5.41) is 13.4. The zero-order valence-electron chi connectivity index (χ0n) is 11.7. The van der Waals surface area contributed by atoms with Crippen molar-refractivity contribution in [2.45, 2.75) is 13.8 Å². The van der Waals surface area contributed by atoms with Crippen LogP contribution in [-0.4, -0.2) is 23.3 Å². The van der Waals surface area contributed by atoms with E-state index in [1.165, 1.54) is 18.2 Å². The Kier molecular flexibility index (Phi) is 4.82. The maximum atomic E-state index is 12.1. The molecule has 0 heterocycles. The first-order valence-corrected chi connectivity index (χ1v) is 6.03. The lowest BCUT2D eigenvalue weighted by Crippen LogP contribution is -2.42. The molecule has 0 aliphatic rings. The van der Waals surface area contributed by atoms with E-state index in [9.17, 15) is 19.7 Å². The largest absolute Gasteiger partial charge is 0.369 e. The fourth-order valence-electron chi connectivity index (χ4n) is 1.52. The maximum absolute atomic E-state index is 12.1. The second kappa shape index (κ2) is 6.18. The molecule has 0 aromatic heterocycles. The van der Waals surface area contributed by atoms with Crippen molar-refractivity contribution in [2.75, 3.05) is 12.0 Å². The first-order chi connectivity index (χ1) is 9.70. The fraction of sp³-hybridized carbons (Fsp3) is 0.333. The number of rotatable bonds is 6. The summed E-state index contributed by atoms with van der Waals surface area (Å²) in [6, 6.07) is 3.97. The van der Waals surface area contributed by atoms with Crippen LogP contribution in [0.5, 0.6) is 0 Å². The molecule has 0 unspecified atom stereocenters. The molecule has 0 atom stereocenters. The highest BCUT2D eigenvalue weighted by atomic mass is 16.6. The number of nitro benzene ring substituents is 1. The van der Waals surface area contributed by atoms with Gasteiger partial charge in [0.25, 0.3) is 11.6 Å². The molecule has 2 amide bonds. The van der Waals surface area contributed by atoms with E-state index in [4.69, 9.17) is 11.6 Å². The van der Waals surface area contributed by atoms with Gasteiger partial charge in [-0.25, -0.2) is 0 Å². The van der Waals surface area contributed by atoms with Crippen molar-refractivity contribution < 1.29 is 14.5 Å². The van der Waals surface area contributed by atoms with Gasteiger partial charge in [0.05, 0.1) is 15.9 Å². The molecule has 0 saturated carbocycles. The highest BCUT2D eigenvalue weighted by Crippen LogP contribution is 2.27. The zero-order chi connectivity index (χ0) is 16.2. The van der Waals surface area contributed by atoms with E-state index in [2.05, 4.69) is 10.7 Å². The van der Waals surface area contributed by atoms with E-state index in [0.717, 1.165) is 0 Å². The lowest BCUT2D eigenvalue weighted by molar-refractivity contribution is -0.384. The molecule has 9 nitrogen and oxygen atoms in total. The lowest BCUT2D eigenvalue weighted by atomic mass is 9.92. The first kappa shape index (κ1) is 16.4. The number of primary amides is 1. The molecular formula is C12H17N5O4. The Morgan fingerprint density at radius 1 is 1.38 bits per heavy atom. The standard InChI is InChI=1S/C12H17N5O4/c1-12(2,11(13)19)6-15-10(18)7-4-3-5-8(17(20)21)9(7)16-14/h3-5,16H,6,14H2,1-2H3,(H2,13,19)(H,15,18).